The zero-order valence-electron chi connectivity index (χ0n) is 19.7. The molecule has 2 aromatic carbocycles. The Morgan fingerprint density at radius 2 is 1.25 bits per heavy atom. The normalized spacial score (nSPS) is 10.5. The third-order valence-electron chi connectivity index (χ3n) is 4.56. The number of carbonyl (C=O) groups excluding carboxylic acids is 1. The molecule has 1 aromatic heterocycles. The number of hydrogen-bond acceptors (Lipinski definition) is 4. The number of aromatic hydroxyl groups is 2. The highest BCUT2D eigenvalue weighted by Gasteiger charge is 2.19. The second kappa shape index (κ2) is 12.7. The van der Waals surface area contributed by atoms with E-state index in [0.717, 1.165) is 11.1 Å². The van der Waals surface area contributed by atoms with Gasteiger partial charge in [-0.3, -0.25) is 9.78 Å². The summed E-state index contributed by atoms with van der Waals surface area (Å²) in [6.07, 6.45) is 4.25. The van der Waals surface area contributed by atoms with E-state index in [9.17, 15) is 15.0 Å². The van der Waals surface area contributed by atoms with Crippen LogP contribution in [0.5, 0.6) is 11.5 Å². The van der Waals surface area contributed by atoms with Crippen molar-refractivity contribution in [2.75, 3.05) is 0 Å². The van der Waals surface area contributed by atoms with Crippen LogP contribution in [0.15, 0.2) is 67.0 Å². The molecule has 0 aliphatic rings. The van der Waals surface area contributed by atoms with Gasteiger partial charge in [-0.1, -0.05) is 79.3 Å². The van der Waals surface area contributed by atoms with Crippen molar-refractivity contribution in [1.29, 1.82) is 0 Å². The standard InChI is InChI=1S/C11H14O2.C10H14O.C6H7N.CH4/c1-11(2,3)9-6-4-5-8(7-12)10(9)13;1-10(2,3)8-6-4-5-7-9(8)11;1-6-2-4-7-5-3-6;/h4-7,13H,1-3H3;4-7,11H,1-3H3;2-5H,1H3;1H4. The molecule has 174 valence electrons. The summed E-state index contributed by atoms with van der Waals surface area (Å²) in [7, 11) is 0. The Bertz CT molecular complexity index is 952. The maximum absolute atomic E-state index is 10.5. The third kappa shape index (κ3) is 9.34. The fraction of sp³-hybridized carbons (Fsp3) is 0.357. The Morgan fingerprint density at radius 3 is 1.62 bits per heavy atom. The van der Waals surface area contributed by atoms with Gasteiger partial charge in [-0.05, 0) is 58.7 Å². The Morgan fingerprint density at radius 1 is 0.750 bits per heavy atom. The molecule has 0 aliphatic carbocycles. The molecule has 0 radical (unpaired) electrons. The molecule has 0 spiro atoms. The first-order valence-corrected chi connectivity index (χ1v) is 10.3. The molecule has 3 rings (SSSR count). The zero-order chi connectivity index (χ0) is 23.7. The summed E-state index contributed by atoms with van der Waals surface area (Å²) >= 11 is 0. The lowest BCUT2D eigenvalue weighted by Gasteiger charge is -2.20. The lowest BCUT2D eigenvalue weighted by atomic mass is 9.85. The Labute approximate surface area is 194 Å². The van der Waals surface area contributed by atoms with Crippen molar-refractivity contribution in [2.45, 2.75) is 66.7 Å². The molecule has 1 heterocycles. The Balaban J connectivity index is 0.000000461. The van der Waals surface area contributed by atoms with Gasteiger partial charge in [0, 0.05) is 12.4 Å². The van der Waals surface area contributed by atoms with Gasteiger partial charge in [0.15, 0.2) is 6.29 Å². The molecule has 0 bridgehead atoms. The number of aromatic nitrogens is 1. The predicted molar refractivity (Wildman–Crippen MR) is 135 cm³/mol. The van der Waals surface area contributed by atoms with E-state index in [0.29, 0.717) is 17.6 Å². The van der Waals surface area contributed by atoms with Crippen molar-refractivity contribution in [3.8, 4) is 11.5 Å². The first-order valence-electron chi connectivity index (χ1n) is 10.3. The summed E-state index contributed by atoms with van der Waals surface area (Å²) in [6, 6.07) is 16.6. The van der Waals surface area contributed by atoms with Crippen molar-refractivity contribution < 1.29 is 15.0 Å². The van der Waals surface area contributed by atoms with Gasteiger partial charge >= 0.3 is 0 Å². The SMILES string of the molecule is C.CC(C)(C)c1cccc(C=O)c1O.CC(C)(C)c1ccccc1O.Cc1ccncc1. The van der Waals surface area contributed by atoms with Crippen molar-refractivity contribution in [2.24, 2.45) is 0 Å². The predicted octanol–water partition coefficient (Wildman–Crippen LogP) is 7.22. The van der Waals surface area contributed by atoms with Gasteiger partial charge in [0.1, 0.15) is 11.5 Å². The van der Waals surface area contributed by atoms with Crippen LogP contribution in [0, 0.1) is 6.92 Å². The van der Waals surface area contributed by atoms with Crippen LogP contribution in [-0.4, -0.2) is 21.5 Å². The summed E-state index contributed by atoms with van der Waals surface area (Å²) in [4.78, 5) is 14.4. The second-order valence-electron chi connectivity index (χ2n) is 9.40. The first-order chi connectivity index (χ1) is 14.4. The lowest BCUT2D eigenvalue weighted by molar-refractivity contribution is 0.112. The molecular weight excluding hydrogens is 398 g/mol. The minimum Gasteiger partial charge on any atom is -0.508 e. The average Bonchev–Trinajstić information content (AvgIpc) is 2.68. The van der Waals surface area contributed by atoms with Crippen LogP contribution in [0.25, 0.3) is 0 Å². The quantitative estimate of drug-likeness (QED) is 0.394. The van der Waals surface area contributed by atoms with Crippen LogP contribution in [0.3, 0.4) is 0 Å². The molecule has 3 aromatic rings. The minimum absolute atomic E-state index is 0. The van der Waals surface area contributed by atoms with Gasteiger partial charge in [-0.2, -0.15) is 0 Å². The fourth-order valence-corrected chi connectivity index (χ4v) is 2.80. The van der Waals surface area contributed by atoms with Gasteiger partial charge in [0.2, 0.25) is 0 Å². The molecule has 2 N–H and O–H groups in total. The number of carbonyl (C=O) groups is 1. The molecule has 0 fully saturated rings. The van der Waals surface area contributed by atoms with Crippen LogP contribution in [-0.2, 0) is 10.8 Å². The van der Waals surface area contributed by atoms with E-state index < -0.39 is 0 Å². The maximum Gasteiger partial charge on any atom is 0.153 e. The smallest absolute Gasteiger partial charge is 0.153 e. The summed E-state index contributed by atoms with van der Waals surface area (Å²) in [5, 5.41) is 19.1. The van der Waals surface area contributed by atoms with Crippen molar-refractivity contribution in [1.82, 2.24) is 4.98 Å². The Kier molecular flexibility index (Phi) is 11.4. The van der Waals surface area contributed by atoms with Crippen LogP contribution in [0.2, 0.25) is 0 Å². The van der Waals surface area contributed by atoms with E-state index in [1.54, 1.807) is 30.6 Å². The zero-order valence-corrected chi connectivity index (χ0v) is 19.7. The van der Waals surface area contributed by atoms with Crippen molar-refractivity contribution in [3.05, 3.63) is 89.2 Å². The summed E-state index contributed by atoms with van der Waals surface area (Å²) in [5.41, 5.74) is 3.31. The van der Waals surface area contributed by atoms with Crippen molar-refractivity contribution in [3.63, 3.8) is 0 Å². The fourth-order valence-electron chi connectivity index (χ4n) is 2.80. The highest BCUT2D eigenvalue weighted by Crippen LogP contribution is 2.32. The van der Waals surface area contributed by atoms with E-state index in [1.165, 1.54) is 5.56 Å². The number of benzene rings is 2. The number of para-hydroxylation sites is 2. The number of aldehydes is 1. The minimum atomic E-state index is -0.136. The molecular formula is C28H39NO3. The van der Waals surface area contributed by atoms with Gasteiger partial charge in [0.05, 0.1) is 5.56 Å². The van der Waals surface area contributed by atoms with E-state index in [-0.39, 0.29) is 24.0 Å². The number of aryl methyl sites for hydroxylation is 1. The number of hydrogen-bond donors (Lipinski definition) is 2. The molecule has 0 amide bonds. The number of phenolic OH excluding ortho intramolecular Hbond substituents is 2. The monoisotopic (exact) mass is 437 g/mol. The molecule has 0 atom stereocenters. The molecule has 0 saturated carbocycles. The molecule has 0 saturated heterocycles. The van der Waals surface area contributed by atoms with Gasteiger partial charge in [-0.15, -0.1) is 0 Å². The number of rotatable bonds is 1. The topological polar surface area (TPSA) is 70.4 Å². The number of pyridine rings is 1. The average molecular weight is 438 g/mol. The summed E-state index contributed by atoms with van der Waals surface area (Å²) < 4.78 is 0. The van der Waals surface area contributed by atoms with Crippen LogP contribution in [0.4, 0.5) is 0 Å². The van der Waals surface area contributed by atoms with Crippen LogP contribution in [0.1, 0.15) is 76.0 Å². The van der Waals surface area contributed by atoms with E-state index in [1.807, 2.05) is 64.1 Å². The van der Waals surface area contributed by atoms with Gasteiger partial charge < -0.3 is 10.2 Å². The number of phenols is 2. The molecule has 0 unspecified atom stereocenters. The van der Waals surface area contributed by atoms with Gasteiger partial charge in [0.25, 0.3) is 0 Å². The third-order valence-corrected chi connectivity index (χ3v) is 4.56. The highest BCUT2D eigenvalue weighted by atomic mass is 16.3. The maximum atomic E-state index is 10.5. The largest absolute Gasteiger partial charge is 0.508 e. The van der Waals surface area contributed by atoms with E-state index in [2.05, 4.69) is 25.8 Å². The van der Waals surface area contributed by atoms with E-state index >= 15 is 0 Å². The van der Waals surface area contributed by atoms with Gasteiger partial charge in [-0.25, -0.2) is 0 Å². The van der Waals surface area contributed by atoms with Crippen LogP contribution < -0.4 is 0 Å². The lowest BCUT2D eigenvalue weighted by Crippen LogP contribution is -2.11. The molecule has 0 aliphatic heterocycles. The molecule has 4 heteroatoms. The summed E-state index contributed by atoms with van der Waals surface area (Å²) in [5.74, 6) is 0.491. The Hall–Kier alpha value is -3.14. The molecule has 32 heavy (non-hydrogen) atoms. The van der Waals surface area contributed by atoms with E-state index in [4.69, 9.17) is 0 Å². The summed E-state index contributed by atoms with van der Waals surface area (Å²) in [6.45, 7) is 14.3. The first kappa shape index (κ1) is 28.9. The van der Waals surface area contributed by atoms with Crippen LogP contribution >= 0.6 is 0 Å². The number of nitrogens with zero attached hydrogens (tertiary/aromatic N) is 1. The highest BCUT2D eigenvalue weighted by molar-refractivity contribution is 5.80. The molecule has 4 nitrogen and oxygen atoms in total. The van der Waals surface area contributed by atoms with Crippen molar-refractivity contribution >= 4 is 6.29 Å². The second-order valence-corrected chi connectivity index (χ2v) is 9.40.